The van der Waals surface area contributed by atoms with E-state index < -0.39 is 0 Å². The first-order chi connectivity index (χ1) is 14.1. The molecule has 0 spiro atoms. The molecule has 0 radical (unpaired) electrons. The van der Waals surface area contributed by atoms with Crippen LogP contribution in [0.15, 0.2) is 77.3 Å². The summed E-state index contributed by atoms with van der Waals surface area (Å²) in [7, 11) is 1.87. The van der Waals surface area contributed by atoms with E-state index in [-0.39, 0.29) is 12.3 Å². The maximum absolute atomic E-state index is 12.4. The number of rotatable bonds is 6. The average molecular weight is 425 g/mol. The number of hydrogen-bond donors (Lipinski definition) is 1. The van der Waals surface area contributed by atoms with Gasteiger partial charge in [0.2, 0.25) is 5.91 Å². The first-order valence-electron chi connectivity index (χ1n) is 8.79. The van der Waals surface area contributed by atoms with Crippen molar-refractivity contribution in [3.63, 3.8) is 0 Å². The van der Waals surface area contributed by atoms with Crippen LogP contribution in [-0.4, -0.2) is 30.5 Å². The zero-order valence-electron chi connectivity index (χ0n) is 15.5. The van der Waals surface area contributed by atoms with Gasteiger partial charge in [-0.15, -0.1) is 10.2 Å². The summed E-state index contributed by atoms with van der Waals surface area (Å²) >= 11 is 7.79. The minimum absolute atomic E-state index is 0.110. The monoisotopic (exact) mass is 424 g/mol. The van der Waals surface area contributed by atoms with E-state index in [9.17, 15) is 4.79 Å². The number of hydrogen-bond acceptors (Lipinski definition) is 5. The van der Waals surface area contributed by atoms with Gasteiger partial charge in [-0.25, -0.2) is 4.68 Å². The zero-order valence-corrected chi connectivity index (χ0v) is 17.1. The van der Waals surface area contributed by atoms with Gasteiger partial charge in [-0.3, -0.25) is 4.79 Å². The number of carbonyl (C=O) groups excluding carboxylic acids is 1. The Bertz CT molecular complexity index is 1120. The Labute approximate surface area is 176 Å². The van der Waals surface area contributed by atoms with Gasteiger partial charge < -0.3 is 9.88 Å². The molecule has 2 aromatic carbocycles. The maximum Gasteiger partial charge on any atom is 0.228 e. The van der Waals surface area contributed by atoms with Gasteiger partial charge in [-0.2, -0.15) is 5.10 Å². The maximum atomic E-state index is 12.4. The van der Waals surface area contributed by atoms with Crippen molar-refractivity contribution in [2.45, 2.75) is 16.5 Å². The van der Waals surface area contributed by atoms with E-state index in [0.29, 0.717) is 10.7 Å². The molecule has 0 unspecified atom stereocenters. The van der Waals surface area contributed by atoms with E-state index in [4.69, 9.17) is 11.6 Å². The predicted molar refractivity (Wildman–Crippen MR) is 112 cm³/mol. The number of halogens is 1. The Balaban J connectivity index is 1.38. The molecule has 0 saturated carbocycles. The standard InChI is InChI=1S/C20H17ClN6OS/c1-26-13-22-25-20(26)29-18-8-5-15(12-17(18)21)24-19(28)11-14-3-6-16(7-4-14)27-10-2-9-23-27/h2-10,12-13H,11H2,1H3,(H,24,28). The smallest absolute Gasteiger partial charge is 0.228 e. The molecule has 0 aliphatic carbocycles. The van der Waals surface area contributed by atoms with Crippen molar-refractivity contribution in [2.75, 3.05) is 5.32 Å². The van der Waals surface area contributed by atoms with Gasteiger partial charge in [-0.1, -0.05) is 23.7 Å². The fraction of sp³-hybridized carbons (Fsp3) is 0.100. The molecular weight excluding hydrogens is 408 g/mol. The molecule has 29 heavy (non-hydrogen) atoms. The van der Waals surface area contributed by atoms with Gasteiger partial charge >= 0.3 is 0 Å². The molecule has 146 valence electrons. The van der Waals surface area contributed by atoms with Crippen LogP contribution in [0, 0.1) is 0 Å². The number of anilines is 1. The highest BCUT2D eigenvalue weighted by Crippen LogP contribution is 2.33. The largest absolute Gasteiger partial charge is 0.326 e. The number of carbonyl (C=O) groups is 1. The minimum Gasteiger partial charge on any atom is -0.326 e. The third-order valence-corrected chi connectivity index (χ3v) is 5.71. The number of nitrogens with one attached hydrogen (secondary N) is 1. The fourth-order valence-electron chi connectivity index (χ4n) is 2.70. The zero-order chi connectivity index (χ0) is 20.2. The lowest BCUT2D eigenvalue weighted by molar-refractivity contribution is -0.115. The van der Waals surface area contributed by atoms with Gasteiger partial charge in [-0.05, 0) is 53.7 Å². The normalized spacial score (nSPS) is 10.8. The summed E-state index contributed by atoms with van der Waals surface area (Å²) in [4.78, 5) is 13.2. The topological polar surface area (TPSA) is 77.6 Å². The van der Waals surface area contributed by atoms with Crippen molar-refractivity contribution in [3.8, 4) is 5.69 Å². The molecular formula is C20H17ClN6OS. The van der Waals surface area contributed by atoms with Crippen LogP contribution in [0.25, 0.3) is 5.69 Å². The molecule has 4 rings (SSSR count). The molecule has 0 aliphatic rings. The molecule has 0 atom stereocenters. The summed E-state index contributed by atoms with van der Waals surface area (Å²) in [6, 6.07) is 15.0. The highest BCUT2D eigenvalue weighted by Gasteiger charge is 2.10. The SMILES string of the molecule is Cn1cnnc1Sc1ccc(NC(=O)Cc2ccc(-n3cccn3)cc2)cc1Cl. The summed E-state index contributed by atoms with van der Waals surface area (Å²) in [5.41, 5.74) is 2.51. The lowest BCUT2D eigenvalue weighted by Crippen LogP contribution is -2.14. The molecule has 1 amide bonds. The lowest BCUT2D eigenvalue weighted by atomic mass is 10.1. The fourth-order valence-corrected chi connectivity index (χ4v) is 3.77. The molecule has 0 aliphatic heterocycles. The van der Waals surface area contributed by atoms with Gasteiger partial charge in [0.05, 0.1) is 17.1 Å². The number of aryl methyl sites for hydroxylation is 1. The number of benzene rings is 2. The second-order valence-electron chi connectivity index (χ2n) is 6.31. The van der Waals surface area contributed by atoms with Crippen LogP contribution < -0.4 is 5.32 Å². The van der Waals surface area contributed by atoms with Crippen molar-refractivity contribution in [1.82, 2.24) is 24.5 Å². The second kappa shape index (κ2) is 8.50. The van der Waals surface area contributed by atoms with Crippen LogP contribution in [0.3, 0.4) is 0 Å². The van der Waals surface area contributed by atoms with Crippen LogP contribution in [0.4, 0.5) is 5.69 Å². The minimum atomic E-state index is -0.110. The second-order valence-corrected chi connectivity index (χ2v) is 7.73. The van der Waals surface area contributed by atoms with E-state index in [1.807, 2.05) is 60.3 Å². The van der Waals surface area contributed by atoms with Gasteiger partial charge in [0, 0.05) is 30.0 Å². The Morgan fingerprint density at radius 1 is 1.21 bits per heavy atom. The molecule has 0 bridgehead atoms. The summed E-state index contributed by atoms with van der Waals surface area (Å²) in [5, 5.41) is 16.2. The summed E-state index contributed by atoms with van der Waals surface area (Å²) < 4.78 is 3.58. The van der Waals surface area contributed by atoms with E-state index in [2.05, 4.69) is 20.6 Å². The number of amides is 1. The van der Waals surface area contributed by atoms with Crippen LogP contribution in [0.1, 0.15) is 5.56 Å². The molecule has 7 nitrogen and oxygen atoms in total. The third kappa shape index (κ3) is 4.67. The Morgan fingerprint density at radius 3 is 2.69 bits per heavy atom. The average Bonchev–Trinajstić information content (AvgIpc) is 3.37. The van der Waals surface area contributed by atoms with E-state index in [1.165, 1.54) is 11.8 Å². The molecule has 4 aromatic rings. The molecule has 2 heterocycles. The van der Waals surface area contributed by atoms with Gasteiger partial charge in [0.15, 0.2) is 5.16 Å². The van der Waals surface area contributed by atoms with Gasteiger partial charge in [0.1, 0.15) is 6.33 Å². The van der Waals surface area contributed by atoms with Crippen molar-refractivity contribution in [3.05, 3.63) is 77.8 Å². The Hall–Kier alpha value is -3.10. The van der Waals surface area contributed by atoms with E-state index in [0.717, 1.165) is 21.3 Å². The van der Waals surface area contributed by atoms with Crippen LogP contribution in [0.2, 0.25) is 5.02 Å². The Kier molecular flexibility index (Phi) is 5.64. The summed E-state index contributed by atoms with van der Waals surface area (Å²) in [6.07, 6.45) is 5.50. The van der Waals surface area contributed by atoms with Crippen molar-refractivity contribution >= 4 is 35.0 Å². The lowest BCUT2D eigenvalue weighted by Gasteiger charge is -2.09. The number of nitrogens with zero attached hydrogens (tertiary/aromatic N) is 5. The molecule has 9 heteroatoms. The highest BCUT2D eigenvalue weighted by atomic mass is 35.5. The Morgan fingerprint density at radius 2 is 2.03 bits per heavy atom. The molecule has 1 N–H and O–H groups in total. The molecule has 0 saturated heterocycles. The summed E-state index contributed by atoms with van der Waals surface area (Å²) in [5.74, 6) is -0.110. The summed E-state index contributed by atoms with van der Waals surface area (Å²) in [6.45, 7) is 0. The predicted octanol–water partition coefficient (Wildman–Crippen LogP) is 3.99. The quantitative estimate of drug-likeness (QED) is 0.506. The van der Waals surface area contributed by atoms with Crippen LogP contribution in [0.5, 0.6) is 0 Å². The highest BCUT2D eigenvalue weighted by molar-refractivity contribution is 7.99. The van der Waals surface area contributed by atoms with E-state index in [1.54, 1.807) is 23.3 Å². The molecule has 2 aromatic heterocycles. The molecule has 0 fully saturated rings. The first kappa shape index (κ1) is 19.2. The first-order valence-corrected chi connectivity index (χ1v) is 9.98. The third-order valence-electron chi connectivity index (χ3n) is 4.16. The number of aromatic nitrogens is 5. The van der Waals surface area contributed by atoms with Crippen molar-refractivity contribution < 1.29 is 4.79 Å². The van der Waals surface area contributed by atoms with Crippen molar-refractivity contribution in [2.24, 2.45) is 7.05 Å². The van der Waals surface area contributed by atoms with Crippen molar-refractivity contribution in [1.29, 1.82) is 0 Å². The van der Waals surface area contributed by atoms with Gasteiger partial charge in [0.25, 0.3) is 0 Å². The van der Waals surface area contributed by atoms with E-state index >= 15 is 0 Å². The van der Waals surface area contributed by atoms with Crippen LogP contribution >= 0.6 is 23.4 Å². The van der Waals surface area contributed by atoms with Crippen LogP contribution in [-0.2, 0) is 18.3 Å².